The number of aryl methyl sites for hydroxylation is 1. The molecule has 1 aliphatic carbocycles. The maximum absolute atomic E-state index is 14.7. The van der Waals surface area contributed by atoms with Gasteiger partial charge in [-0.1, -0.05) is 18.2 Å². The number of hydrogen-bond acceptors (Lipinski definition) is 5. The number of benzene rings is 1. The molecule has 3 rings (SSSR count). The van der Waals surface area contributed by atoms with E-state index in [4.69, 9.17) is 0 Å². The second-order valence-corrected chi connectivity index (χ2v) is 9.87. The topological polar surface area (TPSA) is 66.4 Å². The normalized spacial score (nSPS) is 19.6. The van der Waals surface area contributed by atoms with Crippen molar-refractivity contribution < 1.29 is 9.18 Å². The highest BCUT2D eigenvalue weighted by Gasteiger charge is 2.26. The number of aromatic nitrogens is 1. The van der Waals surface area contributed by atoms with Crippen LogP contribution in [0.15, 0.2) is 41.5 Å². The summed E-state index contributed by atoms with van der Waals surface area (Å²) in [4.78, 5) is 21.3. The van der Waals surface area contributed by atoms with E-state index >= 15 is 0 Å². The van der Waals surface area contributed by atoms with E-state index < -0.39 is 5.67 Å². The smallest absolute Gasteiger partial charge is 0.276 e. The van der Waals surface area contributed by atoms with Crippen LogP contribution in [0.5, 0.6) is 0 Å². The zero-order valence-corrected chi connectivity index (χ0v) is 20.4. The number of halogens is 1. The van der Waals surface area contributed by atoms with Crippen LogP contribution in [0.1, 0.15) is 57.7 Å². The molecule has 172 valence electrons. The van der Waals surface area contributed by atoms with E-state index in [-0.39, 0.29) is 18.0 Å². The highest BCUT2D eigenvalue weighted by molar-refractivity contribution is 8.15. The largest absolute Gasteiger partial charge is 0.382 e. The van der Waals surface area contributed by atoms with Gasteiger partial charge in [0.25, 0.3) is 5.91 Å². The monoisotopic (exact) mass is 456 g/mol. The molecule has 1 aromatic heterocycles. The van der Waals surface area contributed by atoms with Gasteiger partial charge in [-0.15, -0.1) is 11.8 Å². The van der Waals surface area contributed by atoms with Gasteiger partial charge < -0.3 is 10.6 Å². The molecule has 5 nitrogen and oxygen atoms in total. The molecule has 0 unspecified atom stereocenters. The summed E-state index contributed by atoms with van der Waals surface area (Å²) in [6.07, 6.45) is 5.43. The third-order valence-electron chi connectivity index (χ3n) is 5.68. The number of carbonyl (C=O) groups excluding carboxylic acids is 1. The number of nitrogens with zero attached hydrogens (tertiary/aromatic N) is 2. The molecule has 1 fully saturated rings. The van der Waals surface area contributed by atoms with Gasteiger partial charge in [0.2, 0.25) is 0 Å². The predicted molar refractivity (Wildman–Crippen MR) is 134 cm³/mol. The van der Waals surface area contributed by atoms with Crippen molar-refractivity contribution >= 4 is 39.3 Å². The Balaban J connectivity index is 1.70. The van der Waals surface area contributed by atoms with Gasteiger partial charge in [-0.2, -0.15) is 0 Å². The van der Waals surface area contributed by atoms with Crippen LogP contribution in [0.25, 0.3) is 10.9 Å². The molecule has 1 heterocycles. The summed E-state index contributed by atoms with van der Waals surface area (Å²) in [6, 6.07) is 8.27. The molecule has 2 aromatic rings. The Hall–Kier alpha value is -2.41. The van der Waals surface area contributed by atoms with Crippen molar-refractivity contribution in [3.05, 3.63) is 47.8 Å². The number of thioether (sulfide) groups is 1. The molecule has 1 aromatic carbocycles. The number of allylic oxidation sites excluding steroid dienone is 1. The Morgan fingerprint density at radius 1 is 1.22 bits per heavy atom. The first-order valence-electron chi connectivity index (χ1n) is 11.0. The van der Waals surface area contributed by atoms with Gasteiger partial charge >= 0.3 is 0 Å². The molecule has 1 aliphatic rings. The summed E-state index contributed by atoms with van der Waals surface area (Å²) in [5.41, 5.74) is 2.39. The quantitative estimate of drug-likeness (QED) is 0.435. The fourth-order valence-electron chi connectivity index (χ4n) is 3.98. The van der Waals surface area contributed by atoms with Crippen LogP contribution in [-0.4, -0.2) is 34.3 Å². The van der Waals surface area contributed by atoms with E-state index in [1.807, 2.05) is 31.4 Å². The third-order valence-corrected chi connectivity index (χ3v) is 6.34. The number of alkyl halides is 1. The minimum Gasteiger partial charge on any atom is -0.382 e. The Labute approximate surface area is 194 Å². The van der Waals surface area contributed by atoms with Gasteiger partial charge in [0.05, 0.1) is 11.2 Å². The van der Waals surface area contributed by atoms with Crippen LogP contribution in [0, 0.1) is 6.92 Å². The highest BCUT2D eigenvalue weighted by Crippen LogP contribution is 2.33. The number of carbonyl (C=O) groups is 1. The Kier molecular flexibility index (Phi) is 7.59. The zero-order chi connectivity index (χ0) is 23.5. The number of fused-ring (bicyclic) bond motifs is 1. The number of amides is 1. The lowest BCUT2D eigenvalue weighted by Crippen LogP contribution is -2.42. The van der Waals surface area contributed by atoms with Crippen LogP contribution in [0.3, 0.4) is 0 Å². The number of nitrogens with one attached hydrogen (secondary N) is 2. The van der Waals surface area contributed by atoms with Crippen LogP contribution in [-0.2, 0) is 10.5 Å². The fourth-order valence-corrected chi connectivity index (χ4v) is 4.47. The molecule has 2 N–H and O–H groups in total. The minimum atomic E-state index is -1.52. The summed E-state index contributed by atoms with van der Waals surface area (Å²) in [5.74, 6) is -0.137. The van der Waals surface area contributed by atoms with Crippen molar-refractivity contribution in [3.63, 3.8) is 0 Å². The first-order valence-corrected chi connectivity index (χ1v) is 12.3. The minimum absolute atomic E-state index is 0.125. The average Bonchev–Trinajstić information content (AvgIpc) is 2.72. The third kappa shape index (κ3) is 6.09. The molecule has 0 spiro atoms. The molecular formula is C25H33FN4OS. The number of hydrogen-bond donors (Lipinski definition) is 2. The summed E-state index contributed by atoms with van der Waals surface area (Å²) >= 11 is 1.33. The number of anilines is 1. The molecule has 0 bridgehead atoms. The lowest BCUT2D eigenvalue weighted by molar-refractivity contribution is -0.115. The maximum atomic E-state index is 14.7. The van der Waals surface area contributed by atoms with Gasteiger partial charge in [0, 0.05) is 28.9 Å². The molecule has 32 heavy (non-hydrogen) atoms. The second kappa shape index (κ2) is 10.0. The number of aliphatic imine (C=N–C) groups is 1. The zero-order valence-electron chi connectivity index (χ0n) is 19.6. The van der Waals surface area contributed by atoms with Crippen LogP contribution < -0.4 is 10.6 Å². The van der Waals surface area contributed by atoms with Gasteiger partial charge in [0.1, 0.15) is 5.67 Å². The molecule has 0 saturated heterocycles. The van der Waals surface area contributed by atoms with Crippen molar-refractivity contribution in [2.24, 2.45) is 4.99 Å². The predicted octanol–water partition coefficient (Wildman–Crippen LogP) is 5.88. The summed E-state index contributed by atoms with van der Waals surface area (Å²) < 4.78 is 14.7. The van der Waals surface area contributed by atoms with Gasteiger partial charge in [-0.05, 0) is 77.8 Å². The first kappa shape index (κ1) is 24.2. The summed E-state index contributed by atoms with van der Waals surface area (Å²) in [5, 5.41) is 8.20. The van der Waals surface area contributed by atoms with E-state index in [2.05, 4.69) is 33.3 Å². The highest BCUT2D eigenvalue weighted by atomic mass is 32.2. The van der Waals surface area contributed by atoms with Gasteiger partial charge in [-0.25, -0.2) is 14.4 Å². The second-order valence-electron chi connectivity index (χ2n) is 9.07. The van der Waals surface area contributed by atoms with Gasteiger partial charge in [-0.3, -0.25) is 4.79 Å². The van der Waals surface area contributed by atoms with Gasteiger partial charge in [0.15, 0.2) is 5.04 Å². The average molecular weight is 457 g/mol. The van der Waals surface area contributed by atoms with Crippen LogP contribution in [0.4, 0.5) is 10.1 Å². The molecule has 0 radical (unpaired) electrons. The lowest BCUT2D eigenvalue weighted by atomic mass is 9.90. The maximum Gasteiger partial charge on any atom is 0.276 e. The standard InChI is InChI=1S/C25H33FN4OS/c1-15(2)27-24(32-6)23(31)29-18-10-8-17(9-11-18)28-21-14-22(25(4,5)26)30-20-12-7-16(3)13-19(20)21/h7,12-14,17-18H,1,8-11H2,2-6H3,(H,28,30)(H,29,31)/b27-24-. The summed E-state index contributed by atoms with van der Waals surface area (Å²) in [7, 11) is 0. The number of rotatable bonds is 5. The van der Waals surface area contributed by atoms with Crippen molar-refractivity contribution in [1.82, 2.24) is 10.3 Å². The molecule has 0 atom stereocenters. The van der Waals surface area contributed by atoms with E-state index in [0.29, 0.717) is 16.4 Å². The molecule has 1 amide bonds. The van der Waals surface area contributed by atoms with Crippen molar-refractivity contribution in [1.29, 1.82) is 0 Å². The molecule has 0 aliphatic heterocycles. The van der Waals surface area contributed by atoms with Crippen molar-refractivity contribution in [2.45, 2.75) is 71.1 Å². The van der Waals surface area contributed by atoms with Crippen molar-refractivity contribution in [3.8, 4) is 0 Å². The number of pyridine rings is 1. The first-order chi connectivity index (χ1) is 15.1. The molecule has 7 heteroatoms. The van der Waals surface area contributed by atoms with Crippen molar-refractivity contribution in [2.75, 3.05) is 11.6 Å². The van der Waals surface area contributed by atoms with E-state index in [0.717, 1.165) is 47.8 Å². The Bertz CT molecular complexity index is 1040. The van der Waals surface area contributed by atoms with Crippen LogP contribution in [0.2, 0.25) is 0 Å². The Morgan fingerprint density at radius 2 is 1.88 bits per heavy atom. The molecule has 1 saturated carbocycles. The lowest BCUT2D eigenvalue weighted by Gasteiger charge is -2.31. The Morgan fingerprint density at radius 3 is 2.47 bits per heavy atom. The fraction of sp³-hybridized carbons (Fsp3) is 0.480. The SMILES string of the molecule is C=C(C)/N=C(\SC)C(=O)NC1CCC(Nc2cc(C(C)(C)F)nc3ccc(C)cc23)CC1. The van der Waals surface area contributed by atoms with E-state index in [1.54, 1.807) is 6.92 Å². The van der Waals surface area contributed by atoms with E-state index in [9.17, 15) is 9.18 Å². The van der Waals surface area contributed by atoms with Crippen LogP contribution >= 0.6 is 11.8 Å². The summed E-state index contributed by atoms with van der Waals surface area (Å²) in [6.45, 7) is 10.6. The molecular weight excluding hydrogens is 423 g/mol. The van der Waals surface area contributed by atoms with E-state index in [1.165, 1.54) is 25.6 Å².